The van der Waals surface area contributed by atoms with Crippen molar-refractivity contribution in [2.45, 2.75) is 6.18 Å². The van der Waals surface area contributed by atoms with Gasteiger partial charge in [0.1, 0.15) is 0 Å². The zero-order chi connectivity index (χ0) is 14.8. The molecule has 0 atom stereocenters. The zero-order valence-corrected chi connectivity index (χ0v) is 11.6. The summed E-state index contributed by atoms with van der Waals surface area (Å²) < 4.78 is 38.3. The van der Waals surface area contributed by atoms with Crippen LogP contribution in [0, 0.1) is 11.3 Å². The van der Waals surface area contributed by atoms with E-state index in [1.807, 2.05) is 6.07 Å². The van der Waals surface area contributed by atoms with Crippen LogP contribution < -0.4 is 5.32 Å². The van der Waals surface area contributed by atoms with E-state index in [1.165, 1.54) is 12.1 Å². The molecule has 20 heavy (non-hydrogen) atoms. The van der Waals surface area contributed by atoms with E-state index in [4.69, 9.17) is 5.26 Å². The van der Waals surface area contributed by atoms with Crippen molar-refractivity contribution in [2.24, 2.45) is 0 Å². The van der Waals surface area contributed by atoms with Gasteiger partial charge in [-0.15, -0.1) is 0 Å². The zero-order valence-electron chi connectivity index (χ0n) is 10.0. The van der Waals surface area contributed by atoms with Gasteiger partial charge < -0.3 is 5.32 Å². The quantitative estimate of drug-likeness (QED) is 0.827. The van der Waals surface area contributed by atoms with E-state index in [1.54, 1.807) is 24.3 Å². The number of alkyl halides is 3. The second-order valence-electron chi connectivity index (χ2n) is 4.01. The van der Waals surface area contributed by atoms with E-state index in [0.29, 0.717) is 16.9 Å². The van der Waals surface area contributed by atoms with Gasteiger partial charge in [-0.3, -0.25) is 0 Å². The Hall–Kier alpha value is -2.00. The van der Waals surface area contributed by atoms with Crippen LogP contribution in [0.3, 0.4) is 0 Å². The summed E-state index contributed by atoms with van der Waals surface area (Å²) in [6, 6.07) is 12.3. The molecule has 0 heterocycles. The number of hydrogen-bond acceptors (Lipinski definition) is 2. The van der Waals surface area contributed by atoms with Crippen LogP contribution in [-0.4, -0.2) is 0 Å². The molecule has 0 aromatic heterocycles. The van der Waals surface area contributed by atoms with Crippen molar-refractivity contribution in [1.82, 2.24) is 0 Å². The topological polar surface area (TPSA) is 35.8 Å². The SMILES string of the molecule is N#Cc1ccc(Nc2ccc(Br)c(C(F)(F)F)c2)cc1. The lowest BCUT2D eigenvalue weighted by molar-refractivity contribution is -0.138. The lowest BCUT2D eigenvalue weighted by Gasteiger charge is -2.12. The molecule has 0 aliphatic carbocycles. The minimum absolute atomic E-state index is 0.00428. The van der Waals surface area contributed by atoms with Gasteiger partial charge in [0.25, 0.3) is 0 Å². The van der Waals surface area contributed by atoms with Crippen molar-refractivity contribution in [3.05, 3.63) is 58.1 Å². The summed E-state index contributed by atoms with van der Waals surface area (Å²) in [5.41, 5.74) is 0.683. The molecule has 0 spiro atoms. The lowest BCUT2D eigenvalue weighted by atomic mass is 10.1. The number of nitriles is 1. The van der Waals surface area contributed by atoms with Crippen LogP contribution in [0.15, 0.2) is 46.9 Å². The average Bonchev–Trinajstić information content (AvgIpc) is 2.40. The van der Waals surface area contributed by atoms with Crippen LogP contribution in [-0.2, 0) is 6.18 Å². The molecule has 2 rings (SSSR count). The molecule has 0 radical (unpaired) electrons. The highest BCUT2D eigenvalue weighted by molar-refractivity contribution is 9.10. The number of hydrogen-bond donors (Lipinski definition) is 1. The molecule has 2 aromatic rings. The van der Waals surface area contributed by atoms with Gasteiger partial charge in [0.2, 0.25) is 0 Å². The van der Waals surface area contributed by atoms with Crippen LogP contribution in [0.2, 0.25) is 0 Å². The molecule has 6 heteroatoms. The Morgan fingerprint density at radius 2 is 1.60 bits per heavy atom. The van der Waals surface area contributed by atoms with Gasteiger partial charge in [-0.2, -0.15) is 18.4 Å². The Bertz CT molecular complexity index is 658. The van der Waals surface area contributed by atoms with Crippen LogP contribution in [0.1, 0.15) is 11.1 Å². The van der Waals surface area contributed by atoms with Gasteiger partial charge in [-0.1, -0.05) is 15.9 Å². The first-order valence-corrected chi connectivity index (χ1v) is 6.33. The molecule has 0 saturated carbocycles. The third kappa shape index (κ3) is 3.31. The lowest BCUT2D eigenvalue weighted by Crippen LogP contribution is -2.06. The summed E-state index contributed by atoms with van der Waals surface area (Å²) >= 11 is 2.89. The van der Waals surface area contributed by atoms with E-state index in [0.717, 1.165) is 6.07 Å². The minimum Gasteiger partial charge on any atom is -0.356 e. The van der Waals surface area contributed by atoms with Crippen molar-refractivity contribution in [1.29, 1.82) is 5.26 Å². The monoisotopic (exact) mass is 340 g/mol. The van der Waals surface area contributed by atoms with E-state index in [-0.39, 0.29) is 4.47 Å². The highest BCUT2D eigenvalue weighted by Gasteiger charge is 2.33. The van der Waals surface area contributed by atoms with Gasteiger partial charge >= 0.3 is 6.18 Å². The van der Waals surface area contributed by atoms with Crippen LogP contribution in [0.25, 0.3) is 0 Å². The van der Waals surface area contributed by atoms with Gasteiger partial charge in [0, 0.05) is 15.8 Å². The number of nitrogens with one attached hydrogen (secondary N) is 1. The molecular weight excluding hydrogens is 333 g/mol. The number of rotatable bonds is 2. The molecule has 0 unspecified atom stereocenters. The summed E-state index contributed by atoms with van der Waals surface area (Å²) in [6.07, 6.45) is -4.42. The molecule has 0 aliphatic rings. The first kappa shape index (κ1) is 14.4. The molecule has 2 nitrogen and oxygen atoms in total. The van der Waals surface area contributed by atoms with Crippen LogP contribution >= 0.6 is 15.9 Å². The maximum absolute atomic E-state index is 12.8. The fourth-order valence-corrected chi connectivity index (χ4v) is 2.09. The summed E-state index contributed by atoms with van der Waals surface area (Å²) in [7, 11) is 0. The van der Waals surface area contributed by atoms with Gasteiger partial charge in [0.05, 0.1) is 17.2 Å². The maximum Gasteiger partial charge on any atom is 0.417 e. The van der Waals surface area contributed by atoms with Crippen molar-refractivity contribution in [2.75, 3.05) is 5.32 Å². The summed E-state index contributed by atoms with van der Waals surface area (Å²) in [5, 5.41) is 11.5. The molecule has 0 fully saturated rings. The fourth-order valence-electron chi connectivity index (χ4n) is 1.62. The molecule has 102 valence electrons. The molecular formula is C14H8BrF3N2. The maximum atomic E-state index is 12.8. The normalized spacial score (nSPS) is 10.9. The fraction of sp³-hybridized carbons (Fsp3) is 0.0714. The molecule has 0 bridgehead atoms. The van der Waals surface area contributed by atoms with Crippen molar-refractivity contribution in [3.8, 4) is 6.07 Å². The Labute approximate surface area is 122 Å². The first-order valence-electron chi connectivity index (χ1n) is 5.54. The number of nitrogens with zero attached hydrogens (tertiary/aromatic N) is 1. The van der Waals surface area contributed by atoms with E-state index >= 15 is 0 Å². The predicted octanol–water partition coefficient (Wildman–Crippen LogP) is 5.08. The average molecular weight is 341 g/mol. The third-order valence-corrected chi connectivity index (χ3v) is 3.27. The van der Waals surface area contributed by atoms with Crippen molar-refractivity contribution in [3.63, 3.8) is 0 Å². The van der Waals surface area contributed by atoms with Crippen molar-refractivity contribution >= 4 is 27.3 Å². The second kappa shape index (κ2) is 5.55. The Morgan fingerprint density at radius 3 is 2.15 bits per heavy atom. The third-order valence-electron chi connectivity index (χ3n) is 2.57. The van der Waals surface area contributed by atoms with E-state index < -0.39 is 11.7 Å². The Balaban J connectivity index is 2.28. The van der Waals surface area contributed by atoms with Gasteiger partial charge in [-0.05, 0) is 42.5 Å². The van der Waals surface area contributed by atoms with Crippen molar-refractivity contribution < 1.29 is 13.2 Å². The smallest absolute Gasteiger partial charge is 0.356 e. The molecule has 0 saturated heterocycles. The van der Waals surface area contributed by atoms with Crippen LogP contribution in [0.4, 0.5) is 24.5 Å². The summed E-state index contributed by atoms with van der Waals surface area (Å²) in [4.78, 5) is 0. The minimum atomic E-state index is -4.42. The van der Waals surface area contributed by atoms with Gasteiger partial charge in [0.15, 0.2) is 0 Å². The van der Waals surface area contributed by atoms with E-state index in [9.17, 15) is 13.2 Å². The largest absolute Gasteiger partial charge is 0.417 e. The number of halogens is 4. The standard InChI is InChI=1S/C14H8BrF3N2/c15-13-6-5-11(7-12(13)14(16,17)18)20-10-3-1-9(8-19)2-4-10/h1-7,20H. The molecule has 2 aromatic carbocycles. The number of anilines is 2. The summed E-state index contributed by atoms with van der Waals surface area (Å²) in [6.45, 7) is 0. The summed E-state index contributed by atoms with van der Waals surface area (Å²) in [5.74, 6) is 0. The Morgan fingerprint density at radius 1 is 1.00 bits per heavy atom. The molecule has 1 N–H and O–H groups in total. The Kier molecular flexibility index (Phi) is 4.00. The molecule has 0 aliphatic heterocycles. The predicted molar refractivity (Wildman–Crippen MR) is 73.6 cm³/mol. The van der Waals surface area contributed by atoms with Gasteiger partial charge in [-0.25, -0.2) is 0 Å². The number of benzene rings is 2. The van der Waals surface area contributed by atoms with E-state index in [2.05, 4.69) is 21.2 Å². The highest BCUT2D eigenvalue weighted by Crippen LogP contribution is 2.36. The highest BCUT2D eigenvalue weighted by atomic mass is 79.9. The molecule has 0 amide bonds. The second-order valence-corrected chi connectivity index (χ2v) is 4.86. The first-order chi connectivity index (χ1) is 9.40. The van der Waals surface area contributed by atoms with Crippen LogP contribution in [0.5, 0.6) is 0 Å².